The maximum atomic E-state index is 12.7. The lowest BCUT2D eigenvalue weighted by Gasteiger charge is -2.09. The Morgan fingerprint density at radius 3 is 2.32 bits per heavy atom. The molecular weight excluding hydrogens is 464 g/mol. The summed E-state index contributed by atoms with van der Waals surface area (Å²) >= 11 is 0. The van der Waals surface area contributed by atoms with Gasteiger partial charge in [0.1, 0.15) is 12.2 Å². The number of pyridine rings is 1. The maximum absolute atomic E-state index is 12.7. The number of carbonyl (C=O) groups excluding carboxylic acids is 1. The molecule has 1 aromatic carbocycles. The van der Waals surface area contributed by atoms with Crippen LogP contribution in [0.25, 0.3) is 28.3 Å². The zero-order valence-corrected chi connectivity index (χ0v) is 17.2. The molecule has 0 fully saturated rings. The van der Waals surface area contributed by atoms with E-state index in [9.17, 15) is 31.1 Å². The van der Waals surface area contributed by atoms with Crippen LogP contribution in [0.15, 0.2) is 61.2 Å². The predicted octanol–water partition coefficient (Wildman–Crippen LogP) is 4.70. The Morgan fingerprint density at radius 2 is 1.65 bits per heavy atom. The monoisotopic (exact) mass is 479 g/mol. The Bertz CT molecular complexity index is 1330. The average Bonchev–Trinajstić information content (AvgIpc) is 3.20. The van der Waals surface area contributed by atoms with Crippen molar-refractivity contribution in [1.82, 2.24) is 24.7 Å². The van der Waals surface area contributed by atoms with Gasteiger partial charge in [0, 0.05) is 29.7 Å². The van der Waals surface area contributed by atoms with Gasteiger partial charge in [-0.05, 0) is 23.8 Å². The van der Waals surface area contributed by atoms with Crippen molar-refractivity contribution in [1.29, 1.82) is 0 Å². The number of hydrogen-bond donors (Lipinski definition) is 1. The van der Waals surface area contributed by atoms with Gasteiger partial charge in [0.15, 0.2) is 5.82 Å². The van der Waals surface area contributed by atoms with E-state index in [2.05, 4.69) is 15.0 Å². The second-order valence-corrected chi connectivity index (χ2v) is 7.35. The van der Waals surface area contributed by atoms with Crippen LogP contribution in [0.5, 0.6) is 0 Å². The Balaban J connectivity index is 1.56. The van der Waals surface area contributed by atoms with Crippen LogP contribution in [-0.2, 0) is 17.4 Å². The number of aromatic nitrogens is 4. The summed E-state index contributed by atoms with van der Waals surface area (Å²) in [6.07, 6.45) is -4.62. The Kier molecular flexibility index (Phi) is 5.98. The van der Waals surface area contributed by atoms with E-state index in [-0.39, 0.29) is 12.2 Å². The summed E-state index contributed by atoms with van der Waals surface area (Å²) in [6, 6.07) is 9.96. The van der Waals surface area contributed by atoms with E-state index in [4.69, 9.17) is 0 Å². The third-order valence-corrected chi connectivity index (χ3v) is 4.82. The lowest BCUT2D eigenvalue weighted by Crippen LogP contribution is -2.34. The van der Waals surface area contributed by atoms with Crippen molar-refractivity contribution in [2.45, 2.75) is 18.8 Å². The molecule has 34 heavy (non-hydrogen) atoms. The molecule has 3 heterocycles. The van der Waals surface area contributed by atoms with Crippen LogP contribution in [0.4, 0.5) is 26.3 Å². The number of fused-ring (bicyclic) bond motifs is 1. The van der Waals surface area contributed by atoms with Crippen LogP contribution in [0.1, 0.15) is 11.1 Å². The second-order valence-electron chi connectivity index (χ2n) is 7.35. The zero-order chi connectivity index (χ0) is 24.5. The molecule has 0 aliphatic carbocycles. The highest BCUT2D eigenvalue weighted by molar-refractivity contribution is 5.79. The third kappa shape index (κ3) is 5.33. The van der Waals surface area contributed by atoms with Crippen molar-refractivity contribution in [3.63, 3.8) is 0 Å². The minimum Gasteiger partial charge on any atom is -0.347 e. The quantitative estimate of drug-likeness (QED) is 0.422. The molecule has 4 aromatic rings. The molecular formula is C22H15F6N5O. The van der Waals surface area contributed by atoms with Gasteiger partial charge in [-0.25, -0.2) is 15.0 Å². The molecule has 0 bridgehead atoms. The van der Waals surface area contributed by atoms with Gasteiger partial charge < -0.3 is 5.32 Å². The number of carbonyl (C=O) groups is 1. The molecule has 4 rings (SSSR count). The standard InChI is InChI=1S/C22H15F6N5O/c23-21(24,25)12-32-19(34)7-13-2-1-3-14(6-13)17-11-29-18-8-15(4-5-33(17)18)20-30-9-16(10-31-20)22(26,27)28/h1-6,8-11H,7,12H2,(H,32,34). The Morgan fingerprint density at radius 1 is 0.912 bits per heavy atom. The number of alkyl halides is 6. The van der Waals surface area contributed by atoms with Gasteiger partial charge in [0.25, 0.3) is 0 Å². The topological polar surface area (TPSA) is 72.2 Å². The van der Waals surface area contributed by atoms with Crippen LogP contribution in [0.2, 0.25) is 0 Å². The van der Waals surface area contributed by atoms with Crippen molar-refractivity contribution in [2.75, 3.05) is 6.54 Å². The molecule has 0 aliphatic heterocycles. The Labute approximate surface area is 188 Å². The van der Waals surface area contributed by atoms with Gasteiger partial charge in [-0.3, -0.25) is 9.20 Å². The van der Waals surface area contributed by atoms with Gasteiger partial charge in [-0.2, -0.15) is 26.3 Å². The fourth-order valence-corrected chi connectivity index (χ4v) is 3.24. The van der Waals surface area contributed by atoms with E-state index < -0.39 is 30.4 Å². The lowest BCUT2D eigenvalue weighted by atomic mass is 10.1. The molecule has 3 aromatic heterocycles. The molecule has 0 radical (unpaired) electrons. The molecule has 6 nitrogen and oxygen atoms in total. The van der Waals surface area contributed by atoms with E-state index in [1.807, 2.05) is 5.32 Å². The molecule has 12 heteroatoms. The maximum Gasteiger partial charge on any atom is 0.419 e. The summed E-state index contributed by atoms with van der Waals surface area (Å²) in [5, 5.41) is 1.83. The van der Waals surface area contributed by atoms with Crippen molar-refractivity contribution in [2.24, 2.45) is 0 Å². The van der Waals surface area contributed by atoms with E-state index in [0.29, 0.717) is 40.4 Å². The number of halogens is 6. The average molecular weight is 479 g/mol. The number of imidazole rings is 1. The molecule has 1 amide bonds. The van der Waals surface area contributed by atoms with Crippen molar-refractivity contribution in [3.05, 3.63) is 72.3 Å². The minimum absolute atomic E-state index is 0.104. The highest BCUT2D eigenvalue weighted by Crippen LogP contribution is 2.29. The van der Waals surface area contributed by atoms with Crippen LogP contribution < -0.4 is 5.32 Å². The number of nitrogens with one attached hydrogen (secondary N) is 1. The predicted molar refractivity (Wildman–Crippen MR) is 109 cm³/mol. The summed E-state index contributed by atoms with van der Waals surface area (Å²) < 4.78 is 76.7. The second kappa shape index (κ2) is 8.76. The largest absolute Gasteiger partial charge is 0.419 e. The van der Waals surface area contributed by atoms with E-state index >= 15 is 0 Å². The lowest BCUT2D eigenvalue weighted by molar-refractivity contribution is -0.138. The summed E-state index contributed by atoms with van der Waals surface area (Å²) in [6.45, 7) is -1.40. The van der Waals surface area contributed by atoms with Gasteiger partial charge >= 0.3 is 12.4 Å². The Hall–Kier alpha value is -3.96. The molecule has 0 atom stereocenters. The number of nitrogens with zero attached hydrogens (tertiary/aromatic N) is 4. The first-order valence-electron chi connectivity index (χ1n) is 9.79. The molecule has 176 valence electrons. The third-order valence-electron chi connectivity index (χ3n) is 4.82. The van der Waals surface area contributed by atoms with Crippen LogP contribution in [0, 0.1) is 0 Å². The van der Waals surface area contributed by atoms with Gasteiger partial charge in [-0.1, -0.05) is 18.2 Å². The molecule has 0 unspecified atom stereocenters. The van der Waals surface area contributed by atoms with Crippen LogP contribution in [0.3, 0.4) is 0 Å². The first-order valence-corrected chi connectivity index (χ1v) is 9.79. The normalized spacial score (nSPS) is 12.2. The molecule has 1 N–H and O–H groups in total. The first-order chi connectivity index (χ1) is 16.0. The fraction of sp³-hybridized carbons (Fsp3) is 0.182. The van der Waals surface area contributed by atoms with Crippen LogP contribution >= 0.6 is 0 Å². The smallest absolute Gasteiger partial charge is 0.347 e. The van der Waals surface area contributed by atoms with Crippen molar-refractivity contribution in [3.8, 4) is 22.6 Å². The van der Waals surface area contributed by atoms with Crippen LogP contribution in [-0.4, -0.2) is 38.0 Å². The number of hydrogen-bond acceptors (Lipinski definition) is 4. The fourth-order valence-electron chi connectivity index (χ4n) is 3.24. The summed E-state index contributed by atoms with van der Waals surface area (Å²) in [4.78, 5) is 23.7. The first kappa shape index (κ1) is 23.2. The number of rotatable bonds is 5. The number of benzene rings is 1. The molecule has 0 aliphatic rings. The summed E-state index contributed by atoms with van der Waals surface area (Å²) in [5.41, 5.74) is 1.83. The SMILES string of the molecule is O=C(Cc1cccc(-c2cnc3cc(-c4ncc(C(F)(F)F)cn4)ccn23)c1)NCC(F)(F)F. The highest BCUT2D eigenvalue weighted by atomic mass is 19.4. The van der Waals surface area contributed by atoms with E-state index in [1.54, 1.807) is 53.2 Å². The number of amides is 1. The van der Waals surface area contributed by atoms with Gasteiger partial charge in [0.05, 0.1) is 23.9 Å². The molecule has 0 saturated carbocycles. The summed E-state index contributed by atoms with van der Waals surface area (Å²) in [7, 11) is 0. The van der Waals surface area contributed by atoms with Gasteiger partial charge in [-0.15, -0.1) is 0 Å². The van der Waals surface area contributed by atoms with Gasteiger partial charge in [0.2, 0.25) is 5.91 Å². The zero-order valence-electron chi connectivity index (χ0n) is 17.2. The van der Waals surface area contributed by atoms with Crippen molar-refractivity contribution >= 4 is 11.6 Å². The summed E-state index contributed by atoms with van der Waals surface area (Å²) in [5.74, 6) is -0.652. The van der Waals surface area contributed by atoms with E-state index in [1.165, 1.54) is 0 Å². The minimum atomic E-state index is -4.53. The molecule has 0 saturated heterocycles. The molecule has 0 spiro atoms. The van der Waals surface area contributed by atoms with E-state index in [0.717, 1.165) is 0 Å². The van der Waals surface area contributed by atoms with Crippen molar-refractivity contribution < 1.29 is 31.1 Å². The highest BCUT2D eigenvalue weighted by Gasteiger charge is 2.31.